The highest BCUT2D eigenvalue weighted by Gasteiger charge is 2.34. The Kier molecular flexibility index (Phi) is 4.17. The van der Waals surface area contributed by atoms with Crippen LogP contribution in [0.5, 0.6) is 0 Å². The van der Waals surface area contributed by atoms with E-state index in [2.05, 4.69) is 9.98 Å². The van der Waals surface area contributed by atoms with E-state index in [-0.39, 0.29) is 5.91 Å². The molecule has 0 saturated heterocycles. The first kappa shape index (κ1) is 15.7. The van der Waals surface area contributed by atoms with Gasteiger partial charge in [0.05, 0.1) is 5.02 Å². The smallest absolute Gasteiger partial charge is 0.266 e. The van der Waals surface area contributed by atoms with Gasteiger partial charge in [0, 0.05) is 17.1 Å². The van der Waals surface area contributed by atoms with E-state index >= 15 is 0 Å². The fourth-order valence-corrected chi connectivity index (χ4v) is 3.41. The van der Waals surface area contributed by atoms with Crippen LogP contribution in [0.25, 0.3) is 6.08 Å². The third-order valence-corrected chi connectivity index (χ3v) is 4.77. The number of hydrogen-bond acceptors (Lipinski definition) is 4. The number of amides is 1. The molecule has 0 N–H and O–H groups in total. The maximum atomic E-state index is 13.0. The lowest BCUT2D eigenvalue weighted by atomic mass is 10.2. The second-order valence-electron chi connectivity index (χ2n) is 5.31. The van der Waals surface area contributed by atoms with Crippen molar-refractivity contribution in [3.63, 3.8) is 0 Å². The summed E-state index contributed by atoms with van der Waals surface area (Å²) < 4.78 is 0. The van der Waals surface area contributed by atoms with E-state index in [1.807, 2.05) is 53.9 Å². The lowest BCUT2D eigenvalue weighted by Crippen LogP contribution is -2.32. The zero-order valence-corrected chi connectivity index (χ0v) is 14.5. The van der Waals surface area contributed by atoms with Gasteiger partial charge in [0.15, 0.2) is 11.0 Å². The Labute approximate surface area is 153 Å². The number of halogens is 1. The summed E-state index contributed by atoms with van der Waals surface area (Å²) >= 11 is 7.71. The summed E-state index contributed by atoms with van der Waals surface area (Å²) in [4.78, 5) is 23.3. The molecule has 25 heavy (non-hydrogen) atoms. The molecular formula is C19H12ClN3OS. The Morgan fingerprint density at radius 1 is 1.04 bits per heavy atom. The van der Waals surface area contributed by atoms with Crippen molar-refractivity contribution >= 4 is 45.9 Å². The molecule has 3 aromatic rings. The second-order valence-corrected chi connectivity index (χ2v) is 6.59. The SMILES string of the molecule is O=C1/C(=C/c2ccccc2)N=C(c2ccccc2Cl)N1c1nccs1. The Morgan fingerprint density at radius 3 is 2.52 bits per heavy atom. The average molecular weight is 366 g/mol. The fraction of sp³-hybridized carbons (Fsp3) is 0. The van der Waals surface area contributed by atoms with Crippen LogP contribution in [0.3, 0.4) is 0 Å². The number of aromatic nitrogens is 1. The van der Waals surface area contributed by atoms with Crippen LogP contribution in [0.1, 0.15) is 11.1 Å². The van der Waals surface area contributed by atoms with E-state index in [9.17, 15) is 4.79 Å². The summed E-state index contributed by atoms with van der Waals surface area (Å²) in [7, 11) is 0. The maximum absolute atomic E-state index is 13.0. The lowest BCUT2D eigenvalue weighted by Gasteiger charge is -2.15. The third kappa shape index (κ3) is 2.99. The van der Waals surface area contributed by atoms with Crippen molar-refractivity contribution in [2.24, 2.45) is 4.99 Å². The van der Waals surface area contributed by atoms with Crippen LogP contribution < -0.4 is 4.90 Å². The van der Waals surface area contributed by atoms with Crippen LogP contribution in [-0.2, 0) is 4.79 Å². The molecule has 1 aromatic heterocycles. The Morgan fingerprint density at radius 2 is 1.80 bits per heavy atom. The molecular weight excluding hydrogens is 354 g/mol. The maximum Gasteiger partial charge on any atom is 0.284 e. The fourth-order valence-electron chi connectivity index (χ4n) is 2.55. The van der Waals surface area contributed by atoms with Crippen molar-refractivity contribution in [1.29, 1.82) is 0 Å². The molecule has 4 nitrogen and oxygen atoms in total. The summed E-state index contributed by atoms with van der Waals surface area (Å²) in [6.07, 6.45) is 3.43. The van der Waals surface area contributed by atoms with E-state index in [4.69, 9.17) is 11.6 Å². The minimum atomic E-state index is -0.214. The number of nitrogens with zero attached hydrogens (tertiary/aromatic N) is 3. The first-order valence-corrected chi connectivity index (χ1v) is 8.84. The molecule has 1 aliphatic rings. The molecule has 0 spiro atoms. The van der Waals surface area contributed by atoms with Crippen molar-refractivity contribution in [2.45, 2.75) is 0 Å². The van der Waals surface area contributed by atoms with Gasteiger partial charge in [0.1, 0.15) is 5.70 Å². The number of carbonyl (C=O) groups excluding carboxylic acids is 1. The summed E-state index contributed by atoms with van der Waals surface area (Å²) in [5, 5.41) is 2.93. The Bertz CT molecular complexity index is 981. The molecule has 0 atom stereocenters. The molecule has 0 fully saturated rings. The van der Waals surface area contributed by atoms with E-state index in [1.54, 1.807) is 18.3 Å². The molecule has 0 saturated carbocycles. The highest BCUT2D eigenvalue weighted by atomic mass is 35.5. The zero-order chi connectivity index (χ0) is 17.2. The largest absolute Gasteiger partial charge is 0.284 e. The summed E-state index contributed by atoms with van der Waals surface area (Å²) in [6, 6.07) is 17.0. The van der Waals surface area contributed by atoms with Gasteiger partial charge in [-0.1, -0.05) is 54.1 Å². The van der Waals surface area contributed by atoms with Gasteiger partial charge in [-0.2, -0.15) is 0 Å². The highest BCUT2D eigenvalue weighted by Crippen LogP contribution is 2.31. The molecule has 0 unspecified atom stereocenters. The normalized spacial score (nSPS) is 15.7. The van der Waals surface area contributed by atoms with Gasteiger partial charge in [-0.3, -0.25) is 4.79 Å². The third-order valence-electron chi connectivity index (χ3n) is 3.69. The lowest BCUT2D eigenvalue weighted by molar-refractivity contribution is -0.113. The van der Waals surface area contributed by atoms with Gasteiger partial charge in [-0.25, -0.2) is 14.9 Å². The number of amidine groups is 1. The molecule has 0 aliphatic carbocycles. The van der Waals surface area contributed by atoms with Crippen molar-refractivity contribution < 1.29 is 4.79 Å². The zero-order valence-electron chi connectivity index (χ0n) is 13.0. The topological polar surface area (TPSA) is 45.6 Å². The second kappa shape index (κ2) is 6.63. The van der Waals surface area contributed by atoms with Gasteiger partial charge in [-0.15, -0.1) is 11.3 Å². The molecule has 2 heterocycles. The Hall–Kier alpha value is -2.76. The number of rotatable bonds is 3. The molecule has 122 valence electrons. The van der Waals surface area contributed by atoms with Crippen LogP contribution in [-0.4, -0.2) is 16.7 Å². The average Bonchev–Trinajstić information content (AvgIpc) is 3.25. The summed E-state index contributed by atoms with van der Waals surface area (Å²) in [6.45, 7) is 0. The van der Waals surface area contributed by atoms with Crippen molar-refractivity contribution in [1.82, 2.24) is 4.98 Å². The number of carbonyl (C=O) groups is 1. The molecule has 0 bridgehead atoms. The van der Waals surface area contributed by atoms with Crippen LogP contribution >= 0.6 is 22.9 Å². The number of hydrogen-bond donors (Lipinski definition) is 0. The van der Waals surface area contributed by atoms with Crippen molar-refractivity contribution in [2.75, 3.05) is 4.90 Å². The molecule has 4 rings (SSSR count). The summed E-state index contributed by atoms with van der Waals surface area (Å²) in [5.74, 6) is 0.279. The van der Waals surface area contributed by atoms with Crippen LogP contribution in [0.2, 0.25) is 5.02 Å². The minimum absolute atomic E-state index is 0.214. The first-order valence-electron chi connectivity index (χ1n) is 7.58. The molecule has 1 amide bonds. The monoisotopic (exact) mass is 365 g/mol. The summed E-state index contributed by atoms with van der Waals surface area (Å²) in [5.41, 5.74) is 1.97. The molecule has 2 aromatic carbocycles. The Balaban J connectivity index is 1.85. The molecule has 0 radical (unpaired) electrons. The highest BCUT2D eigenvalue weighted by molar-refractivity contribution is 7.14. The van der Waals surface area contributed by atoms with E-state index in [0.717, 1.165) is 5.56 Å². The van der Waals surface area contributed by atoms with Crippen molar-refractivity contribution in [3.8, 4) is 0 Å². The van der Waals surface area contributed by atoms with Crippen LogP contribution in [0, 0.1) is 0 Å². The van der Waals surface area contributed by atoms with Crippen molar-refractivity contribution in [3.05, 3.63) is 88.0 Å². The number of aliphatic imine (C=N–C) groups is 1. The number of anilines is 1. The minimum Gasteiger partial charge on any atom is -0.266 e. The van der Waals surface area contributed by atoms with Crippen LogP contribution in [0.4, 0.5) is 5.13 Å². The van der Waals surface area contributed by atoms with Gasteiger partial charge >= 0.3 is 0 Å². The van der Waals surface area contributed by atoms with E-state index in [0.29, 0.717) is 27.3 Å². The standard InChI is InChI=1S/C19H12ClN3OS/c20-15-9-5-4-8-14(15)17-22-16(12-13-6-2-1-3-7-13)18(24)23(17)19-21-10-11-25-19/h1-12H/b16-12-. The van der Waals surface area contributed by atoms with E-state index < -0.39 is 0 Å². The molecule has 6 heteroatoms. The van der Waals surface area contributed by atoms with Gasteiger partial charge < -0.3 is 0 Å². The predicted molar refractivity (Wildman–Crippen MR) is 102 cm³/mol. The number of thiazole rings is 1. The first-order chi connectivity index (χ1) is 12.2. The van der Waals surface area contributed by atoms with E-state index in [1.165, 1.54) is 16.2 Å². The predicted octanol–water partition coefficient (Wildman–Crippen LogP) is 4.63. The quantitative estimate of drug-likeness (QED) is 0.635. The van der Waals surface area contributed by atoms with Gasteiger partial charge in [-0.05, 0) is 23.8 Å². The number of benzene rings is 2. The van der Waals surface area contributed by atoms with Gasteiger partial charge in [0.25, 0.3) is 5.91 Å². The van der Waals surface area contributed by atoms with Gasteiger partial charge in [0.2, 0.25) is 0 Å². The molecule has 1 aliphatic heterocycles. The van der Waals surface area contributed by atoms with Crippen LogP contribution in [0.15, 0.2) is 76.9 Å².